The number of hydrogen-bond acceptors (Lipinski definition) is 7. The maximum absolute atomic E-state index is 12.4. The van der Waals surface area contributed by atoms with Crippen molar-refractivity contribution in [2.75, 3.05) is 32.1 Å². The first-order valence-corrected chi connectivity index (χ1v) is 9.83. The van der Waals surface area contributed by atoms with E-state index in [0.717, 1.165) is 30.9 Å². The molecule has 0 spiro atoms. The highest BCUT2D eigenvalue weighted by Gasteiger charge is 2.25. The number of nitrogens with zero attached hydrogens (tertiary/aromatic N) is 4. The van der Waals surface area contributed by atoms with Gasteiger partial charge in [0.25, 0.3) is 11.1 Å². The van der Waals surface area contributed by atoms with E-state index in [0.29, 0.717) is 28.6 Å². The number of aryl methyl sites for hydroxylation is 1. The molecule has 3 aromatic rings. The van der Waals surface area contributed by atoms with Gasteiger partial charge in [0.1, 0.15) is 11.1 Å². The minimum Gasteiger partial charge on any atom is -0.354 e. The van der Waals surface area contributed by atoms with E-state index in [1.165, 1.54) is 11.5 Å². The van der Waals surface area contributed by atoms with E-state index >= 15 is 0 Å². The van der Waals surface area contributed by atoms with Gasteiger partial charge in [-0.2, -0.15) is 0 Å². The van der Waals surface area contributed by atoms with Gasteiger partial charge in [0.15, 0.2) is 5.82 Å². The second kappa shape index (κ2) is 6.90. The molecule has 27 heavy (non-hydrogen) atoms. The van der Waals surface area contributed by atoms with Crippen LogP contribution >= 0.6 is 11.5 Å². The topological polar surface area (TPSA) is 98.0 Å². The average Bonchev–Trinajstić information content (AvgIpc) is 3.30. The number of nitrogens with one attached hydrogen (secondary N) is 2. The molecule has 0 amide bonds. The highest BCUT2D eigenvalue weighted by molar-refractivity contribution is 7.13. The van der Waals surface area contributed by atoms with Crippen molar-refractivity contribution in [3.63, 3.8) is 0 Å². The van der Waals surface area contributed by atoms with Gasteiger partial charge in [0.05, 0.1) is 10.4 Å². The summed E-state index contributed by atoms with van der Waals surface area (Å²) in [4.78, 5) is 31.5. The molecule has 0 bridgehead atoms. The molecule has 1 atom stereocenters. The van der Waals surface area contributed by atoms with Crippen LogP contribution in [-0.2, 0) is 6.42 Å². The van der Waals surface area contributed by atoms with Gasteiger partial charge < -0.3 is 14.8 Å². The van der Waals surface area contributed by atoms with Gasteiger partial charge in [0.2, 0.25) is 0 Å². The Balaban J connectivity index is 1.71. The van der Waals surface area contributed by atoms with Crippen molar-refractivity contribution in [1.82, 2.24) is 24.5 Å². The molecule has 4 heterocycles. The Hall–Kier alpha value is -2.52. The van der Waals surface area contributed by atoms with Crippen molar-refractivity contribution < 1.29 is 0 Å². The maximum Gasteiger partial charge on any atom is 0.271 e. The van der Waals surface area contributed by atoms with Crippen molar-refractivity contribution in [3.05, 3.63) is 38.4 Å². The van der Waals surface area contributed by atoms with E-state index in [2.05, 4.69) is 43.5 Å². The number of aromatic nitrogens is 4. The molecule has 3 aromatic heterocycles. The number of likely N-dealkylation sites (N-methyl/N-ethyl adjacent to an activating group) is 1. The van der Waals surface area contributed by atoms with Gasteiger partial charge >= 0.3 is 0 Å². The van der Waals surface area contributed by atoms with Crippen LogP contribution in [0.1, 0.15) is 18.9 Å². The summed E-state index contributed by atoms with van der Waals surface area (Å²) < 4.78 is 3.34. The van der Waals surface area contributed by atoms with Gasteiger partial charge in [-0.25, -0.2) is 0 Å². The summed E-state index contributed by atoms with van der Waals surface area (Å²) in [6, 6.07) is 4.35. The van der Waals surface area contributed by atoms with Crippen LogP contribution in [0.25, 0.3) is 21.5 Å². The Labute approximate surface area is 160 Å². The van der Waals surface area contributed by atoms with Gasteiger partial charge in [-0.15, -0.1) is 10.2 Å². The molecule has 0 saturated carbocycles. The molecule has 1 unspecified atom stereocenters. The van der Waals surface area contributed by atoms with Crippen molar-refractivity contribution in [3.8, 4) is 11.4 Å². The first kappa shape index (κ1) is 17.9. The normalized spacial score (nSPS) is 17.3. The number of hydrogen-bond donors (Lipinski definition) is 2. The fourth-order valence-corrected chi connectivity index (χ4v) is 4.59. The Morgan fingerprint density at radius 2 is 2.07 bits per heavy atom. The summed E-state index contributed by atoms with van der Waals surface area (Å²) >= 11 is 1.20. The zero-order valence-electron chi connectivity index (χ0n) is 15.6. The Kier molecular flexibility index (Phi) is 4.56. The molecule has 0 aliphatic carbocycles. The predicted octanol–water partition coefficient (Wildman–Crippen LogP) is 1.44. The molecule has 1 aliphatic heterocycles. The van der Waals surface area contributed by atoms with Crippen LogP contribution in [0.5, 0.6) is 0 Å². The van der Waals surface area contributed by atoms with E-state index in [1.807, 2.05) is 19.1 Å². The third kappa shape index (κ3) is 3.06. The lowest BCUT2D eigenvalue weighted by atomic mass is 10.1. The molecular weight excluding hydrogens is 364 g/mol. The van der Waals surface area contributed by atoms with Gasteiger partial charge in [-0.1, -0.05) is 18.5 Å². The zero-order chi connectivity index (χ0) is 19.1. The van der Waals surface area contributed by atoms with Crippen LogP contribution in [0.3, 0.4) is 0 Å². The number of rotatable bonds is 4. The lowest BCUT2D eigenvalue weighted by Gasteiger charge is -2.20. The average molecular weight is 386 g/mol. The van der Waals surface area contributed by atoms with Crippen molar-refractivity contribution in [1.29, 1.82) is 0 Å². The molecular formula is C18H22N6O2S. The summed E-state index contributed by atoms with van der Waals surface area (Å²) in [7, 11) is 4.19. The summed E-state index contributed by atoms with van der Waals surface area (Å²) in [6.07, 6.45) is 1.78. The summed E-state index contributed by atoms with van der Waals surface area (Å²) in [5, 5.41) is 8.95. The molecule has 1 saturated heterocycles. The summed E-state index contributed by atoms with van der Waals surface area (Å²) in [6.45, 7) is 3.88. The smallest absolute Gasteiger partial charge is 0.271 e. The fourth-order valence-electron chi connectivity index (χ4n) is 3.64. The quantitative estimate of drug-likeness (QED) is 0.704. The minimum absolute atomic E-state index is 0.192. The number of aromatic amines is 2. The third-order valence-corrected chi connectivity index (χ3v) is 6.16. The number of H-pyrrole nitrogens is 2. The first-order chi connectivity index (χ1) is 13.0. The maximum atomic E-state index is 12.4. The lowest BCUT2D eigenvalue weighted by molar-refractivity contribution is 0.315. The number of fused-ring (bicyclic) bond motifs is 1. The van der Waals surface area contributed by atoms with E-state index in [9.17, 15) is 9.59 Å². The van der Waals surface area contributed by atoms with E-state index in [4.69, 9.17) is 0 Å². The molecule has 8 nitrogen and oxygen atoms in total. The SMILES string of the molecule is CCc1c(-c2ccc(N3CCC(N(C)C)C3)nn2)[nH]c(=O)c2c(=O)[nH]sc12. The fraction of sp³-hybridized carbons (Fsp3) is 0.444. The molecule has 1 fully saturated rings. The lowest BCUT2D eigenvalue weighted by Crippen LogP contribution is -2.31. The van der Waals surface area contributed by atoms with Gasteiger partial charge in [-0.05, 0) is 44.6 Å². The van der Waals surface area contributed by atoms with E-state index in [1.54, 1.807) is 0 Å². The van der Waals surface area contributed by atoms with Crippen LogP contribution < -0.4 is 16.0 Å². The van der Waals surface area contributed by atoms with Crippen molar-refractivity contribution in [2.24, 2.45) is 0 Å². The second-order valence-electron chi connectivity index (χ2n) is 7.03. The van der Waals surface area contributed by atoms with Gasteiger partial charge in [0, 0.05) is 19.1 Å². The Morgan fingerprint density at radius 3 is 2.70 bits per heavy atom. The second-order valence-corrected chi connectivity index (χ2v) is 7.84. The van der Waals surface area contributed by atoms with Crippen LogP contribution in [0.2, 0.25) is 0 Å². The minimum atomic E-state index is -0.390. The largest absolute Gasteiger partial charge is 0.354 e. The van der Waals surface area contributed by atoms with Gasteiger partial charge in [-0.3, -0.25) is 14.0 Å². The van der Waals surface area contributed by atoms with Crippen LogP contribution in [0, 0.1) is 0 Å². The van der Waals surface area contributed by atoms with Crippen molar-refractivity contribution in [2.45, 2.75) is 25.8 Å². The molecule has 0 radical (unpaired) electrons. The highest BCUT2D eigenvalue weighted by atomic mass is 32.1. The molecule has 2 N–H and O–H groups in total. The number of anilines is 1. The van der Waals surface area contributed by atoms with Crippen LogP contribution in [0.4, 0.5) is 5.82 Å². The highest BCUT2D eigenvalue weighted by Crippen LogP contribution is 2.27. The molecule has 0 aromatic carbocycles. The number of pyridine rings is 1. The van der Waals surface area contributed by atoms with Crippen LogP contribution in [0.15, 0.2) is 21.7 Å². The molecule has 1 aliphatic rings. The monoisotopic (exact) mass is 386 g/mol. The molecule has 4 rings (SSSR count). The molecule has 142 valence electrons. The predicted molar refractivity (Wildman–Crippen MR) is 108 cm³/mol. The van der Waals surface area contributed by atoms with E-state index in [-0.39, 0.29) is 16.5 Å². The zero-order valence-corrected chi connectivity index (χ0v) is 16.4. The standard InChI is InChI=1S/C18H22N6O2S/c1-4-11-15(19-17(25)14-16(11)27-22-18(14)26)12-5-6-13(21-20-12)24-8-7-10(9-24)23(2)3/h5-6,10H,4,7-9H2,1-3H3,(H,19,25)(H,22,26). The Morgan fingerprint density at radius 1 is 1.26 bits per heavy atom. The van der Waals surface area contributed by atoms with Crippen molar-refractivity contribution >= 4 is 27.4 Å². The Bertz CT molecular complexity index is 1080. The first-order valence-electron chi connectivity index (χ1n) is 9.01. The van der Waals surface area contributed by atoms with Crippen LogP contribution in [-0.4, -0.2) is 57.7 Å². The summed E-state index contributed by atoms with van der Waals surface area (Å²) in [5.41, 5.74) is 1.42. The third-order valence-electron chi connectivity index (χ3n) is 5.22. The summed E-state index contributed by atoms with van der Waals surface area (Å²) in [5.74, 6) is 0.843. The van der Waals surface area contributed by atoms with E-state index < -0.39 is 0 Å². The molecule has 9 heteroatoms.